The van der Waals surface area contributed by atoms with E-state index >= 15 is 0 Å². The molecule has 2 aliphatic heterocycles. The molecule has 2 aromatic rings. The molecule has 0 radical (unpaired) electrons. The number of hydrogen-bond acceptors (Lipinski definition) is 5. The third-order valence-electron chi connectivity index (χ3n) is 4.39. The summed E-state index contributed by atoms with van der Waals surface area (Å²) in [7, 11) is 0. The number of carbonyl (C=O) groups is 1. The topological polar surface area (TPSA) is 75.1 Å². The predicted octanol–water partition coefficient (Wildman–Crippen LogP) is 0.269. The number of hydrogen-bond donors (Lipinski definition) is 2. The van der Waals surface area contributed by atoms with E-state index in [1.807, 2.05) is 34.0 Å². The maximum absolute atomic E-state index is 12.5. The van der Waals surface area contributed by atoms with Gasteiger partial charge in [-0.1, -0.05) is 35.5 Å². The van der Waals surface area contributed by atoms with Crippen LogP contribution in [0, 0.1) is 0 Å². The zero-order valence-corrected chi connectivity index (χ0v) is 12.1. The summed E-state index contributed by atoms with van der Waals surface area (Å²) in [5, 5.41) is 7.79. The Kier molecular flexibility index (Phi) is 3.36. The number of hydrazine groups is 1. The van der Waals surface area contributed by atoms with Crippen LogP contribution in [0.4, 0.5) is 0 Å². The standard InChI is InChI=1S/C15H18N6O/c22-15(20-9-12(10-20)21-7-6-16-19-21)14-8-13(17-18-14)11-4-2-1-3-5-11/h1-7,12-14,17-18H,8-10H2. The van der Waals surface area contributed by atoms with Gasteiger partial charge in [-0.25, -0.2) is 15.5 Å². The van der Waals surface area contributed by atoms with Crippen LogP contribution in [0.15, 0.2) is 42.7 Å². The summed E-state index contributed by atoms with van der Waals surface area (Å²) in [5.74, 6) is 0.155. The molecular weight excluding hydrogens is 280 g/mol. The van der Waals surface area contributed by atoms with Gasteiger partial charge in [-0.05, 0) is 12.0 Å². The van der Waals surface area contributed by atoms with Crippen LogP contribution < -0.4 is 10.9 Å². The predicted molar refractivity (Wildman–Crippen MR) is 79.5 cm³/mol. The molecule has 1 aromatic heterocycles. The van der Waals surface area contributed by atoms with Gasteiger partial charge in [0.25, 0.3) is 0 Å². The average Bonchev–Trinajstić information content (AvgIpc) is 3.18. The molecule has 4 rings (SSSR count). The van der Waals surface area contributed by atoms with Crippen molar-refractivity contribution < 1.29 is 4.79 Å². The molecule has 2 atom stereocenters. The van der Waals surface area contributed by atoms with E-state index < -0.39 is 0 Å². The monoisotopic (exact) mass is 298 g/mol. The molecule has 114 valence electrons. The van der Waals surface area contributed by atoms with Crippen LogP contribution in [0.5, 0.6) is 0 Å². The maximum Gasteiger partial charge on any atom is 0.241 e. The Hall–Kier alpha value is -2.25. The quantitative estimate of drug-likeness (QED) is 0.851. The zero-order chi connectivity index (χ0) is 14.9. The van der Waals surface area contributed by atoms with E-state index in [1.54, 1.807) is 6.20 Å². The highest BCUT2D eigenvalue weighted by molar-refractivity contribution is 5.83. The molecule has 2 N–H and O–H groups in total. The zero-order valence-electron chi connectivity index (χ0n) is 12.1. The highest BCUT2D eigenvalue weighted by atomic mass is 16.2. The summed E-state index contributed by atoms with van der Waals surface area (Å²) >= 11 is 0. The van der Waals surface area contributed by atoms with Crippen LogP contribution in [-0.4, -0.2) is 44.9 Å². The lowest BCUT2D eigenvalue weighted by Crippen LogP contribution is -2.56. The Morgan fingerprint density at radius 1 is 1.18 bits per heavy atom. The van der Waals surface area contributed by atoms with Crippen molar-refractivity contribution in [2.45, 2.75) is 24.5 Å². The number of benzene rings is 1. The normalized spacial score (nSPS) is 25.2. The summed E-state index contributed by atoms with van der Waals surface area (Å²) < 4.78 is 1.82. The number of amides is 1. The minimum atomic E-state index is -0.165. The lowest BCUT2D eigenvalue weighted by molar-refractivity contribution is -0.139. The fourth-order valence-electron chi connectivity index (χ4n) is 3.06. The molecule has 7 heteroatoms. The molecule has 1 amide bonds. The molecule has 0 aliphatic carbocycles. The number of aromatic nitrogens is 3. The van der Waals surface area contributed by atoms with Crippen LogP contribution >= 0.6 is 0 Å². The second-order valence-corrected chi connectivity index (χ2v) is 5.82. The van der Waals surface area contributed by atoms with Gasteiger partial charge in [-0.3, -0.25) is 4.79 Å². The number of rotatable bonds is 3. The number of nitrogens with zero attached hydrogens (tertiary/aromatic N) is 4. The molecule has 22 heavy (non-hydrogen) atoms. The first-order valence-corrected chi connectivity index (χ1v) is 7.52. The minimum Gasteiger partial charge on any atom is -0.337 e. The molecule has 0 spiro atoms. The van der Waals surface area contributed by atoms with E-state index in [4.69, 9.17) is 0 Å². The first-order valence-electron chi connectivity index (χ1n) is 7.52. The van der Waals surface area contributed by atoms with Gasteiger partial charge in [0, 0.05) is 25.3 Å². The number of nitrogens with one attached hydrogen (secondary N) is 2. The van der Waals surface area contributed by atoms with E-state index in [1.165, 1.54) is 5.56 Å². The molecule has 2 fully saturated rings. The lowest BCUT2D eigenvalue weighted by atomic mass is 10.00. The summed E-state index contributed by atoms with van der Waals surface area (Å²) in [6.45, 7) is 1.41. The van der Waals surface area contributed by atoms with Crippen LogP contribution in [0.25, 0.3) is 0 Å². The van der Waals surface area contributed by atoms with Crippen molar-refractivity contribution >= 4 is 5.91 Å². The van der Waals surface area contributed by atoms with Crippen LogP contribution in [0.1, 0.15) is 24.1 Å². The number of carbonyl (C=O) groups excluding carboxylic acids is 1. The van der Waals surface area contributed by atoms with Gasteiger partial charge in [-0.2, -0.15) is 0 Å². The highest BCUT2D eigenvalue weighted by Gasteiger charge is 2.39. The van der Waals surface area contributed by atoms with Crippen LogP contribution in [0.2, 0.25) is 0 Å². The minimum absolute atomic E-state index is 0.155. The Labute approximate surface area is 128 Å². The molecule has 0 saturated carbocycles. The smallest absolute Gasteiger partial charge is 0.241 e. The molecular formula is C15H18N6O. The first kappa shape index (κ1) is 13.4. The number of likely N-dealkylation sites (tertiary alicyclic amines) is 1. The van der Waals surface area contributed by atoms with E-state index in [0.717, 1.165) is 6.42 Å². The maximum atomic E-state index is 12.5. The molecule has 1 aromatic carbocycles. The fourth-order valence-corrected chi connectivity index (χ4v) is 3.06. The van der Waals surface area contributed by atoms with Gasteiger partial charge in [-0.15, -0.1) is 5.10 Å². The molecule has 7 nitrogen and oxygen atoms in total. The SMILES string of the molecule is O=C(C1CC(c2ccccc2)NN1)N1CC(n2ccnn2)C1. The fraction of sp³-hybridized carbons (Fsp3) is 0.400. The highest BCUT2D eigenvalue weighted by Crippen LogP contribution is 2.26. The van der Waals surface area contributed by atoms with Gasteiger partial charge < -0.3 is 4.90 Å². The Balaban J connectivity index is 1.33. The Bertz CT molecular complexity index is 637. The van der Waals surface area contributed by atoms with Crippen molar-refractivity contribution in [2.24, 2.45) is 0 Å². The van der Waals surface area contributed by atoms with Crippen molar-refractivity contribution in [1.29, 1.82) is 0 Å². The van der Waals surface area contributed by atoms with Crippen LogP contribution in [0.3, 0.4) is 0 Å². The summed E-state index contributed by atoms with van der Waals surface area (Å²) in [5.41, 5.74) is 7.55. The molecule has 2 unspecified atom stereocenters. The van der Waals surface area contributed by atoms with Gasteiger partial charge in [0.15, 0.2) is 0 Å². The van der Waals surface area contributed by atoms with Gasteiger partial charge in [0.1, 0.15) is 6.04 Å². The van der Waals surface area contributed by atoms with E-state index in [-0.39, 0.29) is 24.0 Å². The van der Waals surface area contributed by atoms with E-state index in [0.29, 0.717) is 13.1 Å². The van der Waals surface area contributed by atoms with Gasteiger partial charge in [0.2, 0.25) is 5.91 Å². The van der Waals surface area contributed by atoms with Crippen molar-refractivity contribution in [3.8, 4) is 0 Å². The van der Waals surface area contributed by atoms with E-state index in [9.17, 15) is 4.79 Å². The Morgan fingerprint density at radius 3 is 2.73 bits per heavy atom. The van der Waals surface area contributed by atoms with Crippen LogP contribution in [-0.2, 0) is 4.79 Å². The van der Waals surface area contributed by atoms with Gasteiger partial charge in [0.05, 0.1) is 12.2 Å². The second kappa shape index (κ2) is 5.51. The third-order valence-corrected chi connectivity index (χ3v) is 4.39. The van der Waals surface area contributed by atoms with Crippen molar-refractivity contribution in [1.82, 2.24) is 30.7 Å². The first-order chi connectivity index (χ1) is 10.8. The van der Waals surface area contributed by atoms with Crippen molar-refractivity contribution in [3.63, 3.8) is 0 Å². The van der Waals surface area contributed by atoms with Crippen molar-refractivity contribution in [3.05, 3.63) is 48.3 Å². The summed E-state index contributed by atoms with van der Waals surface area (Å²) in [6.07, 6.45) is 4.28. The summed E-state index contributed by atoms with van der Waals surface area (Å²) in [4.78, 5) is 14.4. The molecule has 3 heterocycles. The van der Waals surface area contributed by atoms with Gasteiger partial charge >= 0.3 is 0 Å². The Morgan fingerprint density at radius 2 is 2.00 bits per heavy atom. The lowest BCUT2D eigenvalue weighted by Gasteiger charge is -2.40. The van der Waals surface area contributed by atoms with E-state index in [2.05, 4.69) is 33.3 Å². The van der Waals surface area contributed by atoms with Crippen molar-refractivity contribution in [2.75, 3.05) is 13.1 Å². The molecule has 0 bridgehead atoms. The molecule has 2 aliphatic rings. The largest absolute Gasteiger partial charge is 0.337 e. The summed E-state index contributed by atoms with van der Waals surface area (Å²) in [6, 6.07) is 10.5. The average molecular weight is 298 g/mol. The second-order valence-electron chi connectivity index (χ2n) is 5.82. The molecule has 2 saturated heterocycles. The third kappa shape index (κ3) is 2.38.